The number of aliphatic hydroxyl groups is 1. The summed E-state index contributed by atoms with van der Waals surface area (Å²) in [6.45, 7) is 10.1. The number of fused-ring (bicyclic) bond motifs is 1. The summed E-state index contributed by atoms with van der Waals surface area (Å²) in [5.41, 5.74) is 0.678. The number of hydrogen-bond acceptors (Lipinski definition) is 5. The van der Waals surface area contributed by atoms with E-state index in [0.29, 0.717) is 18.8 Å². The molecule has 0 aromatic rings. The van der Waals surface area contributed by atoms with Crippen LogP contribution in [0.5, 0.6) is 0 Å². The lowest BCUT2D eigenvalue weighted by molar-refractivity contribution is -0.166. The molecule has 0 aromatic heterocycles. The summed E-state index contributed by atoms with van der Waals surface area (Å²) >= 11 is 0. The third kappa shape index (κ3) is 5.16. The maximum absolute atomic E-state index is 12.9. The Labute approximate surface area is 183 Å². The Kier molecular flexibility index (Phi) is 6.26. The normalized spacial score (nSPS) is 39.2. The average molecular weight is 421 g/mol. The third-order valence-electron chi connectivity index (χ3n) is 7.16. The third-order valence-corrected chi connectivity index (χ3v) is 7.16. The number of esters is 2. The van der Waals surface area contributed by atoms with Crippen molar-refractivity contribution in [1.82, 2.24) is 0 Å². The molecule has 3 rings (SSSR count). The fourth-order valence-corrected chi connectivity index (χ4v) is 4.90. The number of ether oxygens (including phenoxy) is 2. The number of hydrogen-bond donors (Lipinski definition) is 1. The molecule has 1 heterocycles. The Morgan fingerprint density at radius 3 is 2.73 bits per heavy atom. The highest BCUT2D eigenvalue weighted by Gasteiger charge is 2.43. The second-order valence-electron chi connectivity index (χ2n) is 9.97. The lowest BCUT2D eigenvalue weighted by Crippen LogP contribution is -2.43. The van der Waals surface area contributed by atoms with Gasteiger partial charge in [0.2, 0.25) is 0 Å². The first-order chi connectivity index (χ1) is 14.9. The molecule has 1 unspecified atom stereocenters. The van der Waals surface area contributed by atoms with Gasteiger partial charge in [0.25, 0.3) is 0 Å². The van der Waals surface area contributed by atoms with Crippen LogP contribution in [0.15, 0.2) is 23.8 Å². The number of cyclic esters (lactones) is 1. The minimum Gasteiger partial charge on any atom is -0.462 e. The molecule has 168 valence electrons. The first kappa shape index (κ1) is 20.3. The number of allylic oxidation sites excluding steroid dienone is 3. The van der Waals surface area contributed by atoms with Crippen LogP contribution >= 0.6 is 0 Å². The van der Waals surface area contributed by atoms with Gasteiger partial charge >= 0.3 is 11.9 Å². The Morgan fingerprint density at radius 2 is 2.07 bits per heavy atom. The van der Waals surface area contributed by atoms with Crippen molar-refractivity contribution >= 4 is 11.9 Å². The molecule has 1 N–H and O–H groups in total. The van der Waals surface area contributed by atoms with E-state index < -0.39 is 30.0 Å². The summed E-state index contributed by atoms with van der Waals surface area (Å²) < 4.78 is 26.8. The van der Waals surface area contributed by atoms with Crippen molar-refractivity contribution in [3.8, 4) is 0 Å². The van der Waals surface area contributed by atoms with E-state index in [1.165, 1.54) is 5.57 Å². The number of carbonyl (C=O) groups excluding carboxylic acids is 2. The minimum atomic E-state index is -2.35. The van der Waals surface area contributed by atoms with E-state index >= 15 is 0 Å². The molecule has 0 aromatic carbocycles. The van der Waals surface area contributed by atoms with Crippen LogP contribution < -0.4 is 0 Å². The van der Waals surface area contributed by atoms with Crippen molar-refractivity contribution in [2.45, 2.75) is 91.4 Å². The lowest BCUT2D eigenvalue weighted by atomic mass is 9.65. The zero-order valence-corrected chi connectivity index (χ0v) is 18.9. The standard InChI is InChI=1S/C25H38O5/c1-6-25(4,5)24(28)30-21-12-15(2)11-17-8-7-16(3)20(23(17)21)10-9-19-13-18(26)14-22(27)29-19/h7-8,11,15-16,18-21,23,26H,6,9-10,12-14H2,1-5H3/t15-,16-,18+,19?,20-,21-,23-/m0/s1/i14D2. The van der Waals surface area contributed by atoms with Gasteiger partial charge in [0, 0.05) is 15.1 Å². The second kappa shape index (κ2) is 9.25. The van der Waals surface area contributed by atoms with Gasteiger partial charge in [-0.3, -0.25) is 9.59 Å². The van der Waals surface area contributed by atoms with E-state index in [4.69, 9.17) is 12.2 Å². The Balaban J connectivity index is 1.76. The summed E-state index contributed by atoms with van der Waals surface area (Å²) in [7, 11) is 0. The molecule has 0 saturated carbocycles. The number of rotatable bonds is 6. The largest absolute Gasteiger partial charge is 0.462 e. The molecule has 2 aliphatic carbocycles. The lowest BCUT2D eigenvalue weighted by Gasteiger charge is -2.44. The van der Waals surface area contributed by atoms with E-state index in [1.807, 2.05) is 20.8 Å². The van der Waals surface area contributed by atoms with Crippen LogP contribution in [0, 0.1) is 29.1 Å². The van der Waals surface area contributed by atoms with E-state index in [-0.39, 0.29) is 36.2 Å². The van der Waals surface area contributed by atoms with E-state index in [1.54, 1.807) is 0 Å². The zero-order chi connectivity index (χ0) is 23.8. The monoisotopic (exact) mass is 420 g/mol. The molecule has 1 saturated heterocycles. The van der Waals surface area contributed by atoms with Gasteiger partial charge in [-0.1, -0.05) is 39.0 Å². The first-order valence-electron chi connectivity index (χ1n) is 12.4. The van der Waals surface area contributed by atoms with Crippen LogP contribution in [0.25, 0.3) is 0 Å². The smallest absolute Gasteiger partial charge is 0.311 e. The molecule has 3 aliphatic rings. The van der Waals surface area contributed by atoms with Gasteiger partial charge in [-0.15, -0.1) is 0 Å². The van der Waals surface area contributed by atoms with Gasteiger partial charge in [-0.2, -0.15) is 0 Å². The highest BCUT2D eigenvalue weighted by atomic mass is 16.6. The van der Waals surface area contributed by atoms with Gasteiger partial charge in [-0.25, -0.2) is 0 Å². The van der Waals surface area contributed by atoms with Gasteiger partial charge < -0.3 is 14.6 Å². The molecule has 5 heteroatoms. The molecule has 5 nitrogen and oxygen atoms in total. The maximum atomic E-state index is 12.9. The first-order valence-corrected chi connectivity index (χ1v) is 11.4. The predicted molar refractivity (Wildman–Crippen MR) is 115 cm³/mol. The summed E-state index contributed by atoms with van der Waals surface area (Å²) in [6.07, 6.45) is 5.10. The van der Waals surface area contributed by atoms with Crippen molar-refractivity contribution < 1.29 is 26.9 Å². The molecular weight excluding hydrogens is 380 g/mol. The summed E-state index contributed by atoms with van der Waals surface area (Å²) in [4.78, 5) is 24.9. The minimum absolute atomic E-state index is 0.0819. The highest BCUT2D eigenvalue weighted by molar-refractivity contribution is 5.76. The molecule has 0 amide bonds. The van der Waals surface area contributed by atoms with Crippen LogP contribution in [0.2, 0.25) is 0 Å². The van der Waals surface area contributed by atoms with Crippen molar-refractivity contribution in [2.24, 2.45) is 29.1 Å². The molecule has 0 radical (unpaired) electrons. The second-order valence-corrected chi connectivity index (χ2v) is 9.97. The number of aliphatic hydroxyl groups excluding tert-OH is 1. The quantitative estimate of drug-likeness (QED) is 0.637. The van der Waals surface area contributed by atoms with E-state index in [9.17, 15) is 14.7 Å². The Bertz CT molecular complexity index is 787. The van der Waals surface area contributed by atoms with Crippen molar-refractivity contribution in [3.63, 3.8) is 0 Å². The highest BCUT2D eigenvalue weighted by Crippen LogP contribution is 2.45. The van der Waals surface area contributed by atoms with Crippen LogP contribution in [0.1, 0.15) is 75.8 Å². The van der Waals surface area contributed by atoms with E-state index in [2.05, 4.69) is 32.1 Å². The van der Waals surface area contributed by atoms with Crippen molar-refractivity contribution in [3.05, 3.63) is 23.8 Å². The van der Waals surface area contributed by atoms with Gasteiger partial charge in [-0.05, 0) is 62.9 Å². The zero-order valence-electron chi connectivity index (χ0n) is 20.9. The average Bonchev–Trinajstić information content (AvgIpc) is 2.71. The fraction of sp³-hybridized carbons (Fsp3) is 0.760. The summed E-state index contributed by atoms with van der Waals surface area (Å²) in [5, 5.41) is 10.1. The molecule has 0 bridgehead atoms. The maximum Gasteiger partial charge on any atom is 0.311 e. The number of carbonyl (C=O) groups is 2. The summed E-state index contributed by atoms with van der Waals surface area (Å²) in [6, 6.07) is 0. The van der Waals surface area contributed by atoms with Gasteiger partial charge in [0.15, 0.2) is 0 Å². The SMILES string of the molecule is [2H]C1([2H])C(=O)OC(CC[C@@H]2[C@@H]3C(=C[C@H](C)C[C@@H]3OC(=O)C(C)(C)CC)C=C[C@@H]2C)C[C@H]1O. The van der Waals surface area contributed by atoms with Gasteiger partial charge in [0.1, 0.15) is 12.2 Å². The summed E-state index contributed by atoms with van der Waals surface area (Å²) in [5.74, 6) is -0.278. The fourth-order valence-electron chi connectivity index (χ4n) is 4.90. The predicted octanol–water partition coefficient (Wildman–Crippen LogP) is 4.59. The van der Waals surface area contributed by atoms with Crippen molar-refractivity contribution in [1.29, 1.82) is 0 Å². The van der Waals surface area contributed by atoms with Crippen LogP contribution in [0.4, 0.5) is 0 Å². The van der Waals surface area contributed by atoms with Crippen molar-refractivity contribution in [2.75, 3.05) is 0 Å². The Hall–Kier alpha value is -1.62. The van der Waals surface area contributed by atoms with Crippen LogP contribution in [-0.4, -0.2) is 35.4 Å². The van der Waals surface area contributed by atoms with Crippen LogP contribution in [-0.2, 0) is 19.1 Å². The molecule has 7 atom stereocenters. The molecule has 30 heavy (non-hydrogen) atoms. The molecular formula is C25H38O5. The molecule has 0 spiro atoms. The van der Waals surface area contributed by atoms with Gasteiger partial charge in [0.05, 0.1) is 17.9 Å². The Morgan fingerprint density at radius 1 is 1.33 bits per heavy atom. The molecule has 1 aliphatic heterocycles. The molecule has 1 fully saturated rings. The van der Waals surface area contributed by atoms with Crippen LogP contribution in [0.3, 0.4) is 0 Å². The topological polar surface area (TPSA) is 72.8 Å². The van der Waals surface area contributed by atoms with E-state index in [0.717, 1.165) is 12.8 Å².